The molecular formula is C24H22N4O6S3. The number of hydrogen-bond donors (Lipinski definition) is 2. The van der Waals surface area contributed by atoms with E-state index in [-0.39, 0.29) is 18.1 Å². The molecule has 1 saturated heterocycles. The molecule has 0 unspecified atom stereocenters. The summed E-state index contributed by atoms with van der Waals surface area (Å²) in [6.45, 7) is 3.93. The second-order valence-corrected chi connectivity index (χ2v) is 11.8. The Bertz CT molecular complexity index is 1400. The summed E-state index contributed by atoms with van der Waals surface area (Å²) in [5, 5.41) is 20.9. The highest BCUT2D eigenvalue weighted by atomic mass is 32.2. The lowest BCUT2D eigenvalue weighted by Gasteiger charge is -2.49. The SMILES string of the molecule is Cc1nnc(SCC2=C(C(=O)O)N3C(=O)[C@@H](NC(=O)c4ccc(COc5ccccc5C)o4)[C@@H]3SC2)s1. The topological polar surface area (TPSA) is 135 Å². The summed E-state index contributed by atoms with van der Waals surface area (Å²) in [7, 11) is 0. The Balaban J connectivity index is 1.21. The van der Waals surface area contributed by atoms with Gasteiger partial charge in [-0.2, -0.15) is 0 Å². The summed E-state index contributed by atoms with van der Waals surface area (Å²) < 4.78 is 12.1. The molecule has 0 bridgehead atoms. The second kappa shape index (κ2) is 10.6. The van der Waals surface area contributed by atoms with Gasteiger partial charge in [-0.3, -0.25) is 14.5 Å². The first-order valence-electron chi connectivity index (χ1n) is 11.2. The van der Waals surface area contributed by atoms with Crippen LogP contribution in [0.2, 0.25) is 0 Å². The molecule has 2 atom stereocenters. The highest BCUT2D eigenvalue weighted by Gasteiger charge is 2.54. The van der Waals surface area contributed by atoms with Crippen LogP contribution in [0.1, 0.15) is 26.9 Å². The van der Waals surface area contributed by atoms with Gasteiger partial charge in [0.05, 0.1) is 0 Å². The summed E-state index contributed by atoms with van der Waals surface area (Å²) in [4.78, 5) is 39.0. The summed E-state index contributed by atoms with van der Waals surface area (Å²) in [5.74, 6) is -0.138. The molecular weight excluding hydrogens is 536 g/mol. The normalized spacial score (nSPS) is 18.9. The number of carbonyl (C=O) groups excluding carboxylic acids is 2. The third-order valence-corrected chi connectivity index (χ3v) is 9.16. The predicted octanol–water partition coefficient (Wildman–Crippen LogP) is 3.47. The van der Waals surface area contributed by atoms with Gasteiger partial charge < -0.3 is 19.6 Å². The molecule has 2 N–H and O–H groups in total. The van der Waals surface area contributed by atoms with Crippen LogP contribution in [-0.2, 0) is 16.2 Å². The number of para-hydroxylation sites is 1. The van der Waals surface area contributed by atoms with Crippen LogP contribution >= 0.6 is 34.9 Å². The predicted molar refractivity (Wildman–Crippen MR) is 139 cm³/mol. The molecule has 1 fully saturated rings. The van der Waals surface area contributed by atoms with E-state index < -0.39 is 29.2 Å². The highest BCUT2D eigenvalue weighted by Crippen LogP contribution is 2.42. The lowest BCUT2D eigenvalue weighted by atomic mass is 10.0. The Kier molecular flexibility index (Phi) is 7.26. The minimum absolute atomic E-state index is 0.0263. The summed E-state index contributed by atoms with van der Waals surface area (Å²) >= 11 is 4.24. The van der Waals surface area contributed by atoms with Gasteiger partial charge in [-0.15, -0.1) is 22.0 Å². The average Bonchev–Trinajstić information content (AvgIpc) is 3.53. The largest absolute Gasteiger partial charge is 0.485 e. The van der Waals surface area contributed by atoms with Crippen molar-refractivity contribution in [1.29, 1.82) is 0 Å². The Labute approximate surface area is 224 Å². The van der Waals surface area contributed by atoms with Crippen molar-refractivity contribution in [2.24, 2.45) is 0 Å². The van der Waals surface area contributed by atoms with Crippen molar-refractivity contribution in [3.8, 4) is 5.75 Å². The standard InChI is InChI=1S/C24H22N4O6S3/c1-12-5-3-4-6-16(12)33-9-15-7-8-17(34-15)20(29)25-18-21(30)28-19(23(31)32)14(10-35-22(18)28)11-36-24-27-26-13(2)37-24/h3-8,18,22H,9-11H2,1-2H3,(H,25,29)(H,31,32)/t18-,22+/m1/s1. The number of aromatic nitrogens is 2. The van der Waals surface area contributed by atoms with Crippen molar-refractivity contribution < 1.29 is 28.6 Å². The number of furan rings is 1. The molecule has 0 spiro atoms. The fraction of sp³-hybridized carbons (Fsp3) is 0.292. The molecule has 0 aliphatic carbocycles. The van der Waals surface area contributed by atoms with Gasteiger partial charge in [-0.25, -0.2) is 4.79 Å². The molecule has 3 aromatic rings. The molecule has 192 valence electrons. The number of nitrogens with zero attached hydrogens (tertiary/aromatic N) is 3. The molecule has 0 saturated carbocycles. The molecule has 2 aromatic heterocycles. The lowest BCUT2D eigenvalue weighted by molar-refractivity contribution is -0.148. The fourth-order valence-corrected chi connectivity index (χ4v) is 7.24. The molecule has 2 amide bonds. The third kappa shape index (κ3) is 5.24. The van der Waals surface area contributed by atoms with Gasteiger partial charge >= 0.3 is 5.97 Å². The van der Waals surface area contributed by atoms with Crippen molar-refractivity contribution in [2.45, 2.75) is 36.2 Å². The van der Waals surface area contributed by atoms with E-state index in [1.807, 2.05) is 38.1 Å². The van der Waals surface area contributed by atoms with Crippen LogP contribution in [0.3, 0.4) is 0 Å². The van der Waals surface area contributed by atoms with Crippen LogP contribution < -0.4 is 10.1 Å². The van der Waals surface area contributed by atoms with Gasteiger partial charge in [0.2, 0.25) is 0 Å². The van der Waals surface area contributed by atoms with E-state index in [1.165, 1.54) is 45.8 Å². The minimum Gasteiger partial charge on any atom is -0.485 e. The Hall–Kier alpha value is -3.29. The molecule has 2 aliphatic heterocycles. The number of ether oxygens (including phenoxy) is 1. The van der Waals surface area contributed by atoms with E-state index in [0.717, 1.165) is 20.7 Å². The number of β-lactam (4-membered cyclic amide) rings is 1. The van der Waals surface area contributed by atoms with E-state index >= 15 is 0 Å². The quantitative estimate of drug-likeness (QED) is 0.297. The number of thioether (sulfide) groups is 2. The Morgan fingerprint density at radius 3 is 2.78 bits per heavy atom. The zero-order chi connectivity index (χ0) is 26.1. The minimum atomic E-state index is -1.17. The number of rotatable bonds is 9. The molecule has 0 radical (unpaired) electrons. The van der Waals surface area contributed by atoms with Crippen LogP contribution in [0.4, 0.5) is 0 Å². The third-order valence-electron chi connectivity index (χ3n) is 5.76. The van der Waals surface area contributed by atoms with E-state index in [1.54, 1.807) is 6.07 Å². The fourth-order valence-electron chi connectivity index (χ4n) is 3.94. The number of nitrogens with one attached hydrogen (secondary N) is 1. The van der Waals surface area contributed by atoms with E-state index in [0.29, 0.717) is 22.8 Å². The van der Waals surface area contributed by atoms with Crippen LogP contribution in [0.5, 0.6) is 5.75 Å². The maximum Gasteiger partial charge on any atom is 0.352 e. The van der Waals surface area contributed by atoms with Gasteiger partial charge in [0.15, 0.2) is 10.1 Å². The monoisotopic (exact) mass is 558 g/mol. The Morgan fingerprint density at radius 2 is 2.05 bits per heavy atom. The number of carbonyl (C=O) groups is 3. The zero-order valence-electron chi connectivity index (χ0n) is 19.8. The number of fused-ring (bicyclic) bond motifs is 1. The van der Waals surface area contributed by atoms with Crippen LogP contribution in [0.25, 0.3) is 0 Å². The van der Waals surface area contributed by atoms with Crippen LogP contribution in [0, 0.1) is 13.8 Å². The van der Waals surface area contributed by atoms with Gasteiger partial charge in [0, 0.05) is 11.5 Å². The zero-order valence-corrected chi connectivity index (χ0v) is 22.2. The molecule has 4 heterocycles. The summed E-state index contributed by atoms with van der Waals surface area (Å²) in [6.07, 6.45) is 0. The van der Waals surface area contributed by atoms with Crippen molar-refractivity contribution in [2.75, 3.05) is 11.5 Å². The Morgan fingerprint density at radius 1 is 1.24 bits per heavy atom. The molecule has 5 rings (SSSR count). The smallest absolute Gasteiger partial charge is 0.352 e. The van der Waals surface area contributed by atoms with E-state index in [2.05, 4.69) is 15.5 Å². The number of amides is 2. The first-order chi connectivity index (χ1) is 17.8. The van der Waals surface area contributed by atoms with Crippen molar-refractivity contribution in [1.82, 2.24) is 20.4 Å². The summed E-state index contributed by atoms with van der Waals surface area (Å²) in [5.41, 5.74) is 1.59. The first kappa shape index (κ1) is 25.4. The van der Waals surface area contributed by atoms with Gasteiger partial charge in [-0.1, -0.05) is 41.3 Å². The van der Waals surface area contributed by atoms with Crippen molar-refractivity contribution in [3.63, 3.8) is 0 Å². The lowest BCUT2D eigenvalue weighted by Crippen LogP contribution is -2.70. The number of aryl methyl sites for hydroxylation is 2. The average molecular weight is 559 g/mol. The second-order valence-electron chi connectivity index (χ2n) is 8.31. The maximum atomic E-state index is 12.9. The van der Waals surface area contributed by atoms with Gasteiger partial charge in [-0.05, 0) is 43.2 Å². The summed E-state index contributed by atoms with van der Waals surface area (Å²) in [6, 6.07) is 9.90. The number of carboxylic acids is 1. The number of hydrogen-bond acceptors (Lipinski definition) is 10. The molecule has 2 aliphatic rings. The number of carboxylic acid groups (broad SMARTS) is 1. The van der Waals surface area contributed by atoms with Crippen molar-refractivity contribution >= 4 is 52.6 Å². The maximum absolute atomic E-state index is 12.9. The van der Waals surface area contributed by atoms with Gasteiger partial charge in [0.1, 0.15) is 40.2 Å². The van der Waals surface area contributed by atoms with Crippen LogP contribution in [-0.4, -0.2) is 60.9 Å². The molecule has 13 heteroatoms. The van der Waals surface area contributed by atoms with E-state index in [4.69, 9.17) is 9.15 Å². The first-order valence-corrected chi connectivity index (χ1v) is 14.1. The molecule has 37 heavy (non-hydrogen) atoms. The number of benzene rings is 1. The van der Waals surface area contributed by atoms with Gasteiger partial charge in [0.25, 0.3) is 11.8 Å². The van der Waals surface area contributed by atoms with E-state index in [9.17, 15) is 19.5 Å². The highest BCUT2D eigenvalue weighted by molar-refractivity contribution is 8.01. The van der Waals surface area contributed by atoms with Crippen molar-refractivity contribution in [3.05, 3.63) is 69.8 Å². The molecule has 10 nitrogen and oxygen atoms in total. The number of aliphatic carboxylic acids is 1. The molecule has 1 aromatic carbocycles. The van der Waals surface area contributed by atoms with Crippen LogP contribution in [0.15, 0.2) is 56.4 Å².